The zero-order valence-corrected chi connectivity index (χ0v) is 18.1. The smallest absolute Gasteiger partial charge is 0.139 e. The minimum atomic E-state index is -0.300. The monoisotopic (exact) mass is 414 g/mol. The van der Waals surface area contributed by atoms with Crippen molar-refractivity contribution in [2.75, 3.05) is 0 Å². The van der Waals surface area contributed by atoms with E-state index in [9.17, 15) is 8.78 Å². The van der Waals surface area contributed by atoms with Gasteiger partial charge in [0.1, 0.15) is 11.6 Å². The summed E-state index contributed by atoms with van der Waals surface area (Å²) in [7, 11) is 0. The van der Waals surface area contributed by atoms with E-state index in [1.807, 2.05) is 6.07 Å². The van der Waals surface area contributed by atoms with Gasteiger partial charge < -0.3 is 0 Å². The highest BCUT2D eigenvalue weighted by atomic mass is 19.1. The molecular formula is C29H28F2. The summed E-state index contributed by atoms with van der Waals surface area (Å²) in [6.07, 6.45) is 7.79. The Morgan fingerprint density at radius 1 is 0.871 bits per heavy atom. The average molecular weight is 415 g/mol. The molecule has 0 bridgehead atoms. The molecule has 3 aromatic carbocycles. The zero-order valence-electron chi connectivity index (χ0n) is 18.1. The number of fused-ring (bicyclic) bond motifs is 1. The summed E-state index contributed by atoms with van der Waals surface area (Å²) in [6, 6.07) is 18.5. The van der Waals surface area contributed by atoms with Crippen LogP contribution >= 0.6 is 0 Å². The van der Waals surface area contributed by atoms with Gasteiger partial charge in [0.2, 0.25) is 0 Å². The summed E-state index contributed by atoms with van der Waals surface area (Å²) in [5.74, 6) is 5.72. The van der Waals surface area contributed by atoms with E-state index >= 15 is 0 Å². The highest BCUT2D eigenvalue weighted by Gasteiger charge is 2.21. The minimum absolute atomic E-state index is 0.278. The molecule has 1 atom stereocenters. The number of halogens is 2. The second-order valence-electron chi connectivity index (χ2n) is 8.50. The molecule has 0 radical (unpaired) electrons. The van der Waals surface area contributed by atoms with E-state index in [1.165, 1.54) is 48.1 Å². The molecule has 0 fully saturated rings. The van der Waals surface area contributed by atoms with E-state index in [2.05, 4.69) is 43.0 Å². The van der Waals surface area contributed by atoms with Crippen molar-refractivity contribution in [2.24, 2.45) is 0 Å². The van der Waals surface area contributed by atoms with Crippen LogP contribution in [0.1, 0.15) is 71.9 Å². The molecule has 0 nitrogen and oxygen atoms in total. The normalized spacial score (nSPS) is 15.1. The van der Waals surface area contributed by atoms with Gasteiger partial charge in [-0.3, -0.25) is 0 Å². The van der Waals surface area contributed by atoms with E-state index in [-0.39, 0.29) is 11.6 Å². The van der Waals surface area contributed by atoms with Gasteiger partial charge in [-0.15, -0.1) is 0 Å². The summed E-state index contributed by atoms with van der Waals surface area (Å²) < 4.78 is 27.7. The average Bonchev–Trinajstić information content (AvgIpc) is 2.79. The number of unbranched alkanes of at least 4 members (excludes halogenated alkanes) is 2. The van der Waals surface area contributed by atoms with Gasteiger partial charge in [-0.25, -0.2) is 8.78 Å². The van der Waals surface area contributed by atoms with Crippen molar-refractivity contribution < 1.29 is 8.78 Å². The van der Waals surface area contributed by atoms with E-state index in [4.69, 9.17) is 0 Å². The first-order chi connectivity index (χ1) is 15.1. The molecule has 1 aliphatic rings. The quantitative estimate of drug-likeness (QED) is 0.302. The van der Waals surface area contributed by atoms with E-state index < -0.39 is 0 Å². The third-order valence-electron chi connectivity index (χ3n) is 6.22. The number of hydrogen-bond acceptors (Lipinski definition) is 0. The van der Waals surface area contributed by atoms with Gasteiger partial charge in [0, 0.05) is 5.56 Å². The Kier molecular flexibility index (Phi) is 6.82. The summed E-state index contributed by atoms with van der Waals surface area (Å²) in [5.41, 5.74) is 6.13. The first-order valence-corrected chi connectivity index (χ1v) is 11.3. The molecule has 0 spiro atoms. The standard InChI is InChI=1S/C29H28F2/c1-2-3-4-5-21-6-11-23(12-7-21)24-14-15-25-18-26(29(31)20-27(25)19-24)13-8-22-9-16-28(30)17-10-22/h6-7,9-12,16-18,20,24H,2-5,14-15,19H2,1H3. The van der Waals surface area contributed by atoms with Gasteiger partial charge in [0.25, 0.3) is 0 Å². The maximum absolute atomic E-state index is 14.7. The van der Waals surface area contributed by atoms with Crippen molar-refractivity contribution in [1.29, 1.82) is 0 Å². The van der Waals surface area contributed by atoms with Crippen LogP contribution in [-0.2, 0) is 19.3 Å². The Balaban J connectivity index is 1.46. The molecule has 0 amide bonds. The number of aryl methyl sites for hydroxylation is 2. The van der Waals surface area contributed by atoms with Gasteiger partial charge in [-0.1, -0.05) is 55.9 Å². The van der Waals surface area contributed by atoms with Gasteiger partial charge >= 0.3 is 0 Å². The molecular weight excluding hydrogens is 386 g/mol. The van der Waals surface area contributed by atoms with Crippen molar-refractivity contribution in [3.63, 3.8) is 0 Å². The first kappa shape index (κ1) is 21.3. The van der Waals surface area contributed by atoms with E-state index in [0.717, 1.165) is 31.2 Å². The van der Waals surface area contributed by atoms with Gasteiger partial charge in [-0.05, 0) is 96.7 Å². The van der Waals surface area contributed by atoms with Gasteiger partial charge in [0.05, 0.1) is 5.56 Å². The Labute approximate surface area is 184 Å². The summed E-state index contributed by atoms with van der Waals surface area (Å²) in [6.45, 7) is 2.23. The molecule has 31 heavy (non-hydrogen) atoms. The SMILES string of the molecule is CCCCCc1ccc(C2CCc3cc(C#Cc4ccc(F)cc4)c(F)cc3C2)cc1. The van der Waals surface area contributed by atoms with Crippen molar-refractivity contribution in [3.8, 4) is 11.8 Å². The maximum atomic E-state index is 14.7. The van der Waals surface area contributed by atoms with Crippen molar-refractivity contribution >= 4 is 0 Å². The molecule has 0 saturated carbocycles. The summed E-state index contributed by atoms with van der Waals surface area (Å²) >= 11 is 0. The van der Waals surface area contributed by atoms with Crippen LogP contribution < -0.4 is 0 Å². The second-order valence-corrected chi connectivity index (χ2v) is 8.50. The second kappa shape index (κ2) is 9.92. The Hall–Kier alpha value is -2.92. The van der Waals surface area contributed by atoms with Gasteiger partial charge in [0.15, 0.2) is 0 Å². The van der Waals surface area contributed by atoms with Crippen LogP contribution in [-0.4, -0.2) is 0 Å². The molecule has 3 aromatic rings. The third kappa shape index (κ3) is 5.42. The van der Waals surface area contributed by atoms with Crippen molar-refractivity contribution in [2.45, 2.75) is 57.8 Å². The lowest BCUT2D eigenvalue weighted by atomic mass is 9.79. The molecule has 0 heterocycles. The van der Waals surface area contributed by atoms with Crippen LogP contribution in [0.5, 0.6) is 0 Å². The molecule has 158 valence electrons. The molecule has 2 heteroatoms. The van der Waals surface area contributed by atoms with Crippen LogP contribution in [0.15, 0.2) is 60.7 Å². The van der Waals surface area contributed by atoms with Crippen LogP contribution in [0.4, 0.5) is 8.78 Å². The Morgan fingerprint density at radius 3 is 2.39 bits per heavy atom. The number of rotatable bonds is 5. The molecule has 1 aliphatic carbocycles. The highest BCUT2D eigenvalue weighted by molar-refractivity contribution is 5.48. The highest BCUT2D eigenvalue weighted by Crippen LogP contribution is 2.34. The number of benzene rings is 3. The Morgan fingerprint density at radius 2 is 1.65 bits per heavy atom. The lowest BCUT2D eigenvalue weighted by Crippen LogP contribution is -2.13. The third-order valence-corrected chi connectivity index (χ3v) is 6.22. The predicted octanol–water partition coefficient (Wildman–Crippen LogP) is 7.37. The van der Waals surface area contributed by atoms with Crippen LogP contribution in [0, 0.1) is 23.5 Å². The Bertz CT molecular complexity index is 1080. The minimum Gasteiger partial charge on any atom is -0.207 e. The summed E-state index contributed by atoms with van der Waals surface area (Å²) in [5, 5.41) is 0. The number of hydrogen-bond donors (Lipinski definition) is 0. The van der Waals surface area contributed by atoms with E-state index in [0.29, 0.717) is 17.0 Å². The lowest BCUT2D eigenvalue weighted by Gasteiger charge is -2.25. The molecule has 0 N–H and O–H groups in total. The maximum Gasteiger partial charge on any atom is 0.139 e. The molecule has 0 aromatic heterocycles. The largest absolute Gasteiger partial charge is 0.207 e. The fourth-order valence-corrected chi connectivity index (χ4v) is 4.37. The van der Waals surface area contributed by atoms with Crippen LogP contribution in [0.25, 0.3) is 0 Å². The topological polar surface area (TPSA) is 0 Å². The zero-order chi connectivity index (χ0) is 21.6. The molecule has 1 unspecified atom stereocenters. The molecule has 0 aliphatic heterocycles. The summed E-state index contributed by atoms with van der Waals surface area (Å²) in [4.78, 5) is 0. The first-order valence-electron chi connectivity index (χ1n) is 11.3. The fourth-order valence-electron chi connectivity index (χ4n) is 4.37. The molecule has 0 saturated heterocycles. The van der Waals surface area contributed by atoms with Crippen molar-refractivity contribution in [3.05, 3.63) is 106 Å². The van der Waals surface area contributed by atoms with E-state index in [1.54, 1.807) is 18.2 Å². The predicted molar refractivity (Wildman–Crippen MR) is 123 cm³/mol. The van der Waals surface area contributed by atoms with Crippen LogP contribution in [0.2, 0.25) is 0 Å². The lowest BCUT2D eigenvalue weighted by molar-refractivity contribution is 0.570. The van der Waals surface area contributed by atoms with Crippen molar-refractivity contribution in [1.82, 2.24) is 0 Å². The van der Waals surface area contributed by atoms with Crippen LogP contribution in [0.3, 0.4) is 0 Å². The molecule has 4 rings (SSSR count). The fraction of sp³-hybridized carbons (Fsp3) is 0.310. The van der Waals surface area contributed by atoms with Gasteiger partial charge in [-0.2, -0.15) is 0 Å².